The molecule has 1 aliphatic heterocycles. The smallest absolute Gasteiger partial charge is 0.309 e. The van der Waals surface area contributed by atoms with Crippen molar-refractivity contribution in [2.45, 2.75) is 31.7 Å². The number of nitrogens with one attached hydrogen (secondary N) is 1. The first-order valence-electron chi connectivity index (χ1n) is 9.41. The zero-order valence-electron chi connectivity index (χ0n) is 15.5. The minimum absolute atomic E-state index is 0.0468. The summed E-state index contributed by atoms with van der Waals surface area (Å²) >= 11 is 0. The Bertz CT molecular complexity index is 800. The maximum atomic E-state index is 11.6. The Hall–Kier alpha value is -2.49. The highest BCUT2D eigenvalue weighted by atomic mass is 16.5. The molecule has 0 bridgehead atoms. The van der Waals surface area contributed by atoms with Crippen LogP contribution in [0.4, 0.5) is 11.4 Å². The normalized spacial score (nSPS) is 20.7. The van der Waals surface area contributed by atoms with Crippen molar-refractivity contribution in [1.29, 1.82) is 0 Å². The van der Waals surface area contributed by atoms with Gasteiger partial charge in [0.1, 0.15) is 0 Å². The Morgan fingerprint density at radius 3 is 2.81 bits per heavy atom. The number of carbonyl (C=O) groups is 1. The fourth-order valence-electron chi connectivity index (χ4n) is 4.01. The molecule has 1 N–H and O–H groups in total. The standard InChI is InChI=1S/C22H26N2O2/c1-24(14-17-6-3-5-16-7-4-12-23-21(16)17)18-10-8-15(9-11-18)19-13-20(19)22(25)26-2/h3,5-6,8-11,19-20,23H,4,7,12-14H2,1-2H3. The van der Waals surface area contributed by atoms with E-state index in [-0.39, 0.29) is 11.9 Å². The minimum atomic E-state index is -0.0856. The summed E-state index contributed by atoms with van der Waals surface area (Å²) in [6, 6.07) is 15.2. The zero-order valence-corrected chi connectivity index (χ0v) is 15.5. The molecule has 1 heterocycles. The predicted molar refractivity (Wildman–Crippen MR) is 105 cm³/mol. The summed E-state index contributed by atoms with van der Waals surface area (Å²) in [5.74, 6) is 0.287. The van der Waals surface area contributed by atoms with Gasteiger partial charge < -0.3 is 15.0 Å². The summed E-state index contributed by atoms with van der Waals surface area (Å²) in [4.78, 5) is 13.9. The third-order valence-electron chi connectivity index (χ3n) is 5.63. The van der Waals surface area contributed by atoms with Crippen LogP contribution in [0.1, 0.15) is 35.4 Å². The summed E-state index contributed by atoms with van der Waals surface area (Å²) < 4.78 is 4.85. The number of ether oxygens (including phenoxy) is 1. The molecule has 0 spiro atoms. The summed E-state index contributed by atoms with van der Waals surface area (Å²) in [6.07, 6.45) is 3.28. The molecule has 0 aromatic heterocycles. The van der Waals surface area contributed by atoms with Crippen molar-refractivity contribution in [3.05, 3.63) is 59.2 Å². The number of fused-ring (bicyclic) bond motifs is 1. The molecule has 2 aliphatic rings. The number of esters is 1. The third-order valence-corrected chi connectivity index (χ3v) is 5.63. The van der Waals surface area contributed by atoms with Gasteiger partial charge in [-0.2, -0.15) is 0 Å². The third kappa shape index (κ3) is 3.28. The number of rotatable bonds is 5. The number of methoxy groups -OCH3 is 1. The molecule has 2 aromatic carbocycles. The van der Waals surface area contributed by atoms with Gasteiger partial charge in [0.2, 0.25) is 0 Å². The summed E-state index contributed by atoms with van der Waals surface area (Å²) in [5.41, 5.74) is 6.52. The van der Waals surface area contributed by atoms with Gasteiger partial charge in [0.05, 0.1) is 13.0 Å². The van der Waals surface area contributed by atoms with Crippen molar-refractivity contribution in [3.63, 3.8) is 0 Å². The van der Waals surface area contributed by atoms with E-state index in [1.54, 1.807) is 0 Å². The molecule has 1 saturated carbocycles. The van der Waals surface area contributed by atoms with Crippen LogP contribution < -0.4 is 10.2 Å². The van der Waals surface area contributed by atoms with Crippen LogP contribution in [-0.2, 0) is 22.5 Å². The van der Waals surface area contributed by atoms with Crippen LogP contribution in [0.25, 0.3) is 0 Å². The Morgan fingerprint density at radius 1 is 1.23 bits per heavy atom. The largest absolute Gasteiger partial charge is 0.469 e. The first-order valence-corrected chi connectivity index (χ1v) is 9.41. The van der Waals surface area contributed by atoms with E-state index in [1.807, 2.05) is 0 Å². The Labute approximate surface area is 155 Å². The van der Waals surface area contributed by atoms with Gasteiger partial charge in [0.25, 0.3) is 0 Å². The van der Waals surface area contributed by atoms with Crippen molar-refractivity contribution in [2.24, 2.45) is 5.92 Å². The van der Waals surface area contributed by atoms with Gasteiger partial charge in [0, 0.05) is 31.5 Å². The first kappa shape index (κ1) is 17.0. The van der Waals surface area contributed by atoms with Gasteiger partial charge >= 0.3 is 5.97 Å². The maximum absolute atomic E-state index is 11.6. The van der Waals surface area contributed by atoms with Gasteiger partial charge in [-0.3, -0.25) is 4.79 Å². The molecule has 2 unspecified atom stereocenters. The number of anilines is 2. The molecule has 0 saturated heterocycles. The summed E-state index contributed by atoms with van der Waals surface area (Å²) in [6.45, 7) is 1.94. The fourth-order valence-corrected chi connectivity index (χ4v) is 4.01. The van der Waals surface area contributed by atoms with E-state index in [0.717, 1.165) is 25.9 Å². The van der Waals surface area contributed by atoms with Crippen LogP contribution >= 0.6 is 0 Å². The Morgan fingerprint density at radius 2 is 2.04 bits per heavy atom. The highest BCUT2D eigenvalue weighted by molar-refractivity contribution is 5.77. The van der Waals surface area contributed by atoms with Crippen LogP contribution in [0.3, 0.4) is 0 Å². The molecule has 0 amide bonds. The molecule has 1 fully saturated rings. The molecular formula is C22H26N2O2. The molecule has 4 nitrogen and oxygen atoms in total. The number of hydrogen-bond donors (Lipinski definition) is 1. The van der Waals surface area contributed by atoms with Gasteiger partial charge in [-0.05, 0) is 54.0 Å². The molecule has 4 rings (SSSR count). The Balaban J connectivity index is 1.45. The maximum Gasteiger partial charge on any atom is 0.309 e. The van der Waals surface area contributed by atoms with E-state index in [1.165, 1.54) is 41.6 Å². The first-order chi connectivity index (χ1) is 12.7. The molecule has 0 radical (unpaired) electrons. The van der Waals surface area contributed by atoms with Crippen molar-refractivity contribution >= 4 is 17.3 Å². The minimum Gasteiger partial charge on any atom is -0.469 e. The van der Waals surface area contributed by atoms with Crippen molar-refractivity contribution in [1.82, 2.24) is 0 Å². The quantitative estimate of drug-likeness (QED) is 0.829. The summed E-state index contributed by atoms with van der Waals surface area (Å²) in [5, 5.41) is 3.57. The van der Waals surface area contributed by atoms with Crippen molar-refractivity contribution < 1.29 is 9.53 Å². The van der Waals surface area contributed by atoms with Crippen LogP contribution in [0.2, 0.25) is 0 Å². The van der Waals surface area contributed by atoms with Crippen LogP contribution in [-0.4, -0.2) is 26.7 Å². The van der Waals surface area contributed by atoms with Gasteiger partial charge in [-0.1, -0.05) is 30.3 Å². The highest BCUT2D eigenvalue weighted by Gasteiger charge is 2.44. The monoisotopic (exact) mass is 350 g/mol. The van der Waals surface area contributed by atoms with E-state index in [0.29, 0.717) is 5.92 Å². The predicted octanol–water partition coefficient (Wildman–Crippen LogP) is 3.96. The van der Waals surface area contributed by atoms with E-state index < -0.39 is 0 Å². The second-order valence-corrected chi connectivity index (χ2v) is 7.40. The number of hydrogen-bond acceptors (Lipinski definition) is 4. The van der Waals surface area contributed by atoms with Gasteiger partial charge in [-0.15, -0.1) is 0 Å². The Kier molecular flexibility index (Phi) is 4.58. The topological polar surface area (TPSA) is 41.6 Å². The van der Waals surface area contributed by atoms with E-state index in [4.69, 9.17) is 4.74 Å². The molecule has 1 aliphatic carbocycles. The SMILES string of the molecule is COC(=O)C1CC1c1ccc(N(C)Cc2cccc3c2NCCC3)cc1. The van der Waals surface area contributed by atoms with Crippen LogP contribution in [0, 0.1) is 5.92 Å². The fraction of sp³-hybridized carbons (Fsp3) is 0.409. The molecule has 136 valence electrons. The van der Waals surface area contributed by atoms with E-state index in [2.05, 4.69) is 59.7 Å². The lowest BCUT2D eigenvalue weighted by Gasteiger charge is -2.25. The lowest BCUT2D eigenvalue weighted by atomic mass is 9.99. The van der Waals surface area contributed by atoms with Crippen LogP contribution in [0.15, 0.2) is 42.5 Å². The van der Waals surface area contributed by atoms with E-state index in [9.17, 15) is 4.79 Å². The molecule has 2 aromatic rings. The lowest BCUT2D eigenvalue weighted by Crippen LogP contribution is -2.20. The molecular weight excluding hydrogens is 324 g/mol. The summed E-state index contributed by atoms with van der Waals surface area (Å²) in [7, 11) is 3.60. The number of para-hydroxylation sites is 1. The van der Waals surface area contributed by atoms with Gasteiger partial charge in [0.15, 0.2) is 0 Å². The lowest BCUT2D eigenvalue weighted by molar-refractivity contribution is -0.142. The van der Waals surface area contributed by atoms with E-state index >= 15 is 0 Å². The number of benzene rings is 2. The zero-order chi connectivity index (χ0) is 18.1. The number of aryl methyl sites for hydroxylation is 1. The van der Waals surface area contributed by atoms with Gasteiger partial charge in [-0.25, -0.2) is 0 Å². The van der Waals surface area contributed by atoms with Crippen molar-refractivity contribution in [2.75, 3.05) is 30.9 Å². The number of nitrogens with zero attached hydrogens (tertiary/aromatic N) is 1. The second-order valence-electron chi connectivity index (χ2n) is 7.40. The number of carbonyl (C=O) groups excluding carboxylic acids is 1. The second kappa shape index (κ2) is 7.02. The van der Waals surface area contributed by atoms with Crippen molar-refractivity contribution in [3.8, 4) is 0 Å². The van der Waals surface area contributed by atoms with Crippen LogP contribution in [0.5, 0.6) is 0 Å². The highest BCUT2D eigenvalue weighted by Crippen LogP contribution is 2.48. The average molecular weight is 350 g/mol. The molecule has 4 heteroatoms. The average Bonchev–Trinajstić information content (AvgIpc) is 3.49. The molecule has 2 atom stereocenters. The molecule has 26 heavy (non-hydrogen) atoms.